The van der Waals surface area contributed by atoms with Crippen LogP contribution < -0.4 is 5.76 Å². The van der Waals surface area contributed by atoms with Crippen LogP contribution >= 0.6 is 12.4 Å². The maximum absolute atomic E-state index is 10.8. The number of halogens is 1. The lowest BCUT2D eigenvalue weighted by molar-refractivity contribution is -0.131. The van der Waals surface area contributed by atoms with E-state index in [9.17, 15) is 9.59 Å². The summed E-state index contributed by atoms with van der Waals surface area (Å²) in [5, 5.41) is 8.41. The average Bonchev–Trinajstić information content (AvgIpc) is 2.53. The number of carboxylic acid groups (broad SMARTS) is 1. The van der Waals surface area contributed by atoms with E-state index in [0.29, 0.717) is 16.8 Å². The summed E-state index contributed by atoms with van der Waals surface area (Å²) in [4.78, 5) is 27.3. The second kappa shape index (κ2) is 4.63. The van der Waals surface area contributed by atoms with Gasteiger partial charge in [0, 0.05) is 12.3 Å². The van der Waals surface area contributed by atoms with Crippen molar-refractivity contribution in [3.8, 4) is 0 Å². The molecular weight excluding hydrogens is 236 g/mol. The summed E-state index contributed by atoms with van der Waals surface area (Å²) >= 11 is 0. The van der Waals surface area contributed by atoms with Gasteiger partial charge < -0.3 is 9.52 Å². The minimum atomic E-state index is -1.05. The number of aliphatic carboxylic acids is 1. The Balaban J connectivity index is 0.00000128. The number of carboxylic acids is 1. The van der Waals surface area contributed by atoms with Crippen molar-refractivity contribution in [1.29, 1.82) is 0 Å². The summed E-state index contributed by atoms with van der Waals surface area (Å²) in [6.07, 6.45) is 3.78. The molecule has 0 saturated carbocycles. The highest BCUT2D eigenvalue weighted by molar-refractivity contribution is 5.86. The Morgan fingerprint density at radius 1 is 1.56 bits per heavy atom. The maximum Gasteiger partial charge on any atom is 0.418 e. The van der Waals surface area contributed by atoms with E-state index in [2.05, 4.69) is 9.97 Å². The van der Waals surface area contributed by atoms with Crippen molar-refractivity contribution in [2.45, 2.75) is 0 Å². The van der Waals surface area contributed by atoms with Gasteiger partial charge in [-0.25, -0.2) is 14.6 Å². The molecule has 7 heteroatoms. The van der Waals surface area contributed by atoms with Crippen molar-refractivity contribution in [2.24, 2.45) is 0 Å². The van der Waals surface area contributed by atoms with Gasteiger partial charge in [-0.2, -0.15) is 0 Å². The van der Waals surface area contributed by atoms with Gasteiger partial charge in [0.15, 0.2) is 11.2 Å². The first-order valence-electron chi connectivity index (χ1n) is 4.05. The first-order valence-corrected chi connectivity index (χ1v) is 4.05. The van der Waals surface area contributed by atoms with Crippen LogP contribution in [0, 0.1) is 0 Å². The van der Waals surface area contributed by atoms with E-state index in [0.717, 1.165) is 6.08 Å². The number of nitrogens with one attached hydrogen (secondary N) is 1. The van der Waals surface area contributed by atoms with Gasteiger partial charge in [-0.05, 0) is 17.7 Å². The monoisotopic (exact) mass is 242 g/mol. The third kappa shape index (κ3) is 2.48. The molecule has 16 heavy (non-hydrogen) atoms. The molecule has 0 aliphatic heterocycles. The molecule has 0 radical (unpaired) electrons. The first-order chi connectivity index (χ1) is 7.15. The average molecular weight is 243 g/mol. The topological polar surface area (TPSA) is 96.2 Å². The Morgan fingerprint density at radius 3 is 3.00 bits per heavy atom. The molecule has 0 bridgehead atoms. The highest BCUT2D eigenvalue weighted by Crippen LogP contribution is 2.10. The number of aromatic amines is 1. The summed E-state index contributed by atoms with van der Waals surface area (Å²) in [5.41, 5.74) is 1.19. The first kappa shape index (κ1) is 12.0. The SMILES string of the molecule is Cl.O=C(O)/C=C/c1cnc2[nH]c(=O)oc2c1. The molecule has 0 spiro atoms. The van der Waals surface area contributed by atoms with E-state index >= 15 is 0 Å². The zero-order chi connectivity index (χ0) is 10.8. The summed E-state index contributed by atoms with van der Waals surface area (Å²) in [7, 11) is 0. The van der Waals surface area contributed by atoms with Crippen LogP contribution in [0.2, 0.25) is 0 Å². The van der Waals surface area contributed by atoms with E-state index in [1.54, 1.807) is 0 Å². The van der Waals surface area contributed by atoms with Crippen LogP contribution in [0.1, 0.15) is 5.56 Å². The van der Waals surface area contributed by atoms with Crippen molar-refractivity contribution in [3.05, 3.63) is 34.5 Å². The third-order valence-electron chi connectivity index (χ3n) is 1.72. The van der Waals surface area contributed by atoms with Crippen LogP contribution in [-0.2, 0) is 4.79 Å². The van der Waals surface area contributed by atoms with Crippen LogP contribution in [0.3, 0.4) is 0 Å². The number of H-pyrrole nitrogens is 1. The Bertz CT molecular complexity index is 599. The fourth-order valence-electron chi connectivity index (χ4n) is 1.11. The van der Waals surface area contributed by atoms with Crippen molar-refractivity contribution in [2.75, 3.05) is 0 Å². The third-order valence-corrected chi connectivity index (χ3v) is 1.72. The highest BCUT2D eigenvalue weighted by Gasteiger charge is 2.01. The minimum Gasteiger partial charge on any atom is -0.478 e. The number of pyridine rings is 1. The van der Waals surface area contributed by atoms with E-state index in [1.807, 2.05) is 0 Å². The smallest absolute Gasteiger partial charge is 0.418 e. The summed E-state index contributed by atoms with van der Waals surface area (Å²) in [6, 6.07) is 1.53. The predicted octanol–water partition coefficient (Wildman–Crippen LogP) is 1.04. The van der Waals surface area contributed by atoms with Gasteiger partial charge in [-0.1, -0.05) is 0 Å². The zero-order valence-corrected chi connectivity index (χ0v) is 8.65. The van der Waals surface area contributed by atoms with Crippen molar-refractivity contribution < 1.29 is 14.3 Å². The molecule has 0 saturated heterocycles. The molecule has 84 valence electrons. The summed E-state index contributed by atoms with van der Waals surface area (Å²) < 4.78 is 4.76. The zero-order valence-electron chi connectivity index (χ0n) is 7.84. The van der Waals surface area contributed by atoms with Gasteiger partial charge in [0.1, 0.15) is 0 Å². The normalized spacial score (nSPS) is 10.5. The number of hydrogen-bond acceptors (Lipinski definition) is 4. The standard InChI is InChI=1S/C9H6N2O4.ClH/c12-7(13)2-1-5-3-6-8(10-4-5)11-9(14)15-6;/h1-4H,(H,12,13)(H,10,11,14);1H/b2-1+;. The van der Waals surface area contributed by atoms with Gasteiger partial charge in [0.05, 0.1) is 0 Å². The molecule has 6 nitrogen and oxygen atoms in total. The molecular formula is C9H7ClN2O4. The fraction of sp³-hybridized carbons (Fsp3) is 0. The number of nitrogens with zero attached hydrogens (tertiary/aromatic N) is 1. The molecule has 0 unspecified atom stereocenters. The largest absolute Gasteiger partial charge is 0.478 e. The van der Waals surface area contributed by atoms with Crippen molar-refractivity contribution in [3.63, 3.8) is 0 Å². The lowest BCUT2D eigenvalue weighted by Crippen LogP contribution is -1.93. The van der Waals surface area contributed by atoms with Crippen LogP contribution in [-0.4, -0.2) is 21.0 Å². The van der Waals surface area contributed by atoms with Gasteiger partial charge in [0.25, 0.3) is 0 Å². The number of fused-ring (bicyclic) bond motifs is 1. The Kier molecular flexibility index (Phi) is 3.47. The molecule has 0 aliphatic carbocycles. The number of rotatable bonds is 2. The van der Waals surface area contributed by atoms with E-state index in [1.165, 1.54) is 18.3 Å². The minimum absolute atomic E-state index is 0. The molecule has 0 atom stereocenters. The molecule has 2 N–H and O–H groups in total. The molecule has 2 aromatic heterocycles. The number of oxazole rings is 1. The second-order valence-electron chi connectivity index (χ2n) is 2.80. The van der Waals surface area contributed by atoms with E-state index in [4.69, 9.17) is 9.52 Å². The van der Waals surface area contributed by atoms with E-state index < -0.39 is 11.7 Å². The highest BCUT2D eigenvalue weighted by atomic mass is 35.5. The molecule has 0 fully saturated rings. The summed E-state index contributed by atoms with van der Waals surface area (Å²) in [5.74, 6) is -1.64. The second-order valence-corrected chi connectivity index (χ2v) is 2.80. The number of hydrogen-bond donors (Lipinski definition) is 2. The van der Waals surface area contributed by atoms with E-state index in [-0.39, 0.29) is 12.4 Å². The van der Waals surface area contributed by atoms with Crippen molar-refractivity contribution >= 4 is 35.7 Å². The van der Waals surface area contributed by atoms with Crippen LogP contribution in [0.25, 0.3) is 17.3 Å². The van der Waals surface area contributed by atoms with Crippen LogP contribution in [0.5, 0.6) is 0 Å². The fourth-order valence-corrected chi connectivity index (χ4v) is 1.11. The van der Waals surface area contributed by atoms with Crippen LogP contribution in [0.15, 0.2) is 27.6 Å². The maximum atomic E-state index is 10.8. The molecule has 2 rings (SSSR count). The van der Waals surface area contributed by atoms with Gasteiger partial charge in [0.2, 0.25) is 0 Å². The molecule has 0 aromatic carbocycles. The molecule has 0 amide bonds. The molecule has 0 aliphatic rings. The Morgan fingerprint density at radius 2 is 2.31 bits per heavy atom. The quantitative estimate of drug-likeness (QED) is 0.767. The van der Waals surface area contributed by atoms with Gasteiger partial charge >= 0.3 is 11.7 Å². The lowest BCUT2D eigenvalue weighted by atomic mass is 10.2. The number of aromatic nitrogens is 2. The van der Waals surface area contributed by atoms with Gasteiger partial charge in [-0.3, -0.25) is 4.98 Å². The Labute approximate surface area is 95.0 Å². The molecule has 2 heterocycles. The van der Waals surface area contributed by atoms with Gasteiger partial charge in [-0.15, -0.1) is 12.4 Å². The number of carbonyl (C=O) groups is 1. The Hall–Kier alpha value is -2.08. The summed E-state index contributed by atoms with van der Waals surface area (Å²) in [6.45, 7) is 0. The van der Waals surface area contributed by atoms with Crippen molar-refractivity contribution in [1.82, 2.24) is 9.97 Å². The molecule has 2 aromatic rings. The van der Waals surface area contributed by atoms with Crippen LogP contribution in [0.4, 0.5) is 0 Å². The predicted molar refractivity (Wildman–Crippen MR) is 58.5 cm³/mol. The lowest BCUT2D eigenvalue weighted by Gasteiger charge is -1.90.